The number of aromatic nitrogens is 3. The van der Waals surface area contributed by atoms with Crippen molar-refractivity contribution in [2.75, 3.05) is 0 Å². The minimum Gasteiger partial charge on any atom is -0.249 e. The summed E-state index contributed by atoms with van der Waals surface area (Å²) in [7, 11) is 0. The molecule has 14 heavy (non-hydrogen) atoms. The molecule has 2 aromatic rings. The molecular weight excluding hydrogens is 174 g/mol. The lowest BCUT2D eigenvalue weighted by Crippen LogP contribution is -1.99. The molecule has 0 N–H and O–H groups in total. The van der Waals surface area contributed by atoms with E-state index in [1.807, 2.05) is 4.68 Å². The van der Waals surface area contributed by atoms with Gasteiger partial charge in [0, 0.05) is 0 Å². The van der Waals surface area contributed by atoms with Crippen LogP contribution in [-0.4, -0.2) is 14.8 Å². The second-order valence-corrected chi connectivity index (χ2v) is 3.26. The molecule has 0 radical (unpaired) electrons. The Morgan fingerprint density at radius 3 is 2.43 bits per heavy atom. The van der Waals surface area contributed by atoms with Gasteiger partial charge in [0.25, 0.3) is 0 Å². The predicted octanol–water partition coefficient (Wildman–Crippen LogP) is 1.89. The summed E-state index contributed by atoms with van der Waals surface area (Å²) in [5.41, 5.74) is 2.63. The molecule has 0 aliphatic carbocycles. The molecule has 1 aromatic carbocycles. The largest absolute Gasteiger partial charge is 0.249 e. The fraction of sp³-hybridized carbons (Fsp3) is 0.273. The highest BCUT2D eigenvalue weighted by atomic mass is 15.3. The maximum Gasteiger partial charge on any atom is 0.137 e. The lowest BCUT2D eigenvalue weighted by atomic mass is 10.1. The van der Waals surface area contributed by atoms with Gasteiger partial charge in [-0.3, -0.25) is 0 Å². The summed E-state index contributed by atoms with van der Waals surface area (Å²) < 4.78 is 1.82. The van der Waals surface area contributed by atoms with Crippen LogP contribution < -0.4 is 0 Å². The van der Waals surface area contributed by atoms with Gasteiger partial charge in [-0.15, -0.1) is 0 Å². The fourth-order valence-corrected chi connectivity index (χ4v) is 1.38. The molecule has 3 nitrogen and oxygen atoms in total. The molecular formula is C11H13N3. The van der Waals surface area contributed by atoms with Crippen molar-refractivity contribution in [3.05, 3.63) is 48.0 Å². The molecule has 0 unspecified atom stereocenters. The van der Waals surface area contributed by atoms with Crippen molar-refractivity contribution in [2.24, 2.45) is 0 Å². The number of rotatable bonds is 3. The van der Waals surface area contributed by atoms with Gasteiger partial charge in [-0.25, -0.2) is 9.67 Å². The standard InChI is InChI=1S/C11H13N3/c1-2-10-3-5-11(6-4-10)7-14-9-12-8-13-14/h3-6,8-9H,2,7H2,1H3. The molecule has 0 fully saturated rings. The Balaban J connectivity index is 2.10. The van der Waals surface area contributed by atoms with Gasteiger partial charge in [0.2, 0.25) is 0 Å². The van der Waals surface area contributed by atoms with Gasteiger partial charge in [-0.05, 0) is 17.5 Å². The van der Waals surface area contributed by atoms with Crippen LogP contribution >= 0.6 is 0 Å². The second-order valence-electron chi connectivity index (χ2n) is 3.26. The van der Waals surface area contributed by atoms with Crippen LogP contribution in [0.3, 0.4) is 0 Å². The van der Waals surface area contributed by atoms with Gasteiger partial charge in [0.1, 0.15) is 12.7 Å². The van der Waals surface area contributed by atoms with E-state index in [9.17, 15) is 0 Å². The number of aryl methyl sites for hydroxylation is 1. The zero-order valence-electron chi connectivity index (χ0n) is 8.22. The third-order valence-corrected chi connectivity index (χ3v) is 2.24. The summed E-state index contributed by atoms with van der Waals surface area (Å²) in [5, 5.41) is 4.06. The van der Waals surface area contributed by atoms with E-state index in [1.54, 1.807) is 12.7 Å². The first-order chi connectivity index (χ1) is 6.88. The van der Waals surface area contributed by atoms with Crippen molar-refractivity contribution >= 4 is 0 Å². The highest BCUT2D eigenvalue weighted by Crippen LogP contribution is 2.05. The fourth-order valence-electron chi connectivity index (χ4n) is 1.38. The molecule has 0 amide bonds. The Bertz CT molecular complexity index is 375. The van der Waals surface area contributed by atoms with Crippen molar-refractivity contribution in [1.82, 2.24) is 14.8 Å². The zero-order valence-corrected chi connectivity index (χ0v) is 8.22. The number of benzene rings is 1. The molecule has 0 bridgehead atoms. The highest BCUT2D eigenvalue weighted by Gasteiger charge is 1.95. The van der Waals surface area contributed by atoms with E-state index >= 15 is 0 Å². The molecule has 2 rings (SSSR count). The van der Waals surface area contributed by atoms with Crippen LogP contribution in [0, 0.1) is 0 Å². The first-order valence-corrected chi connectivity index (χ1v) is 4.78. The van der Waals surface area contributed by atoms with E-state index in [0.717, 1.165) is 13.0 Å². The summed E-state index contributed by atoms with van der Waals surface area (Å²) in [4.78, 5) is 3.90. The minimum absolute atomic E-state index is 0.796. The van der Waals surface area contributed by atoms with E-state index in [4.69, 9.17) is 0 Å². The quantitative estimate of drug-likeness (QED) is 0.734. The lowest BCUT2D eigenvalue weighted by Gasteiger charge is -2.02. The van der Waals surface area contributed by atoms with Gasteiger partial charge in [-0.1, -0.05) is 31.2 Å². The molecule has 72 valence electrons. The topological polar surface area (TPSA) is 30.7 Å². The van der Waals surface area contributed by atoms with Gasteiger partial charge in [0.15, 0.2) is 0 Å². The van der Waals surface area contributed by atoms with Crippen molar-refractivity contribution in [1.29, 1.82) is 0 Å². The van der Waals surface area contributed by atoms with Crippen LogP contribution in [-0.2, 0) is 13.0 Å². The highest BCUT2D eigenvalue weighted by molar-refractivity contribution is 5.22. The summed E-state index contributed by atoms with van der Waals surface area (Å²) >= 11 is 0. The molecule has 0 saturated carbocycles. The molecule has 0 aliphatic heterocycles. The maximum absolute atomic E-state index is 4.06. The molecule has 0 atom stereocenters. The third kappa shape index (κ3) is 1.99. The van der Waals surface area contributed by atoms with E-state index in [1.165, 1.54) is 11.1 Å². The monoisotopic (exact) mass is 187 g/mol. The summed E-state index contributed by atoms with van der Waals surface area (Å²) in [6.45, 7) is 2.95. The first-order valence-electron chi connectivity index (χ1n) is 4.78. The molecule has 0 saturated heterocycles. The number of hydrogen-bond acceptors (Lipinski definition) is 2. The number of nitrogens with zero attached hydrogens (tertiary/aromatic N) is 3. The van der Waals surface area contributed by atoms with Crippen molar-refractivity contribution < 1.29 is 0 Å². The number of hydrogen-bond donors (Lipinski definition) is 0. The van der Waals surface area contributed by atoms with E-state index < -0.39 is 0 Å². The molecule has 1 heterocycles. The van der Waals surface area contributed by atoms with Crippen LogP contribution in [0.4, 0.5) is 0 Å². The summed E-state index contributed by atoms with van der Waals surface area (Å²) in [5.74, 6) is 0. The third-order valence-electron chi connectivity index (χ3n) is 2.24. The minimum atomic E-state index is 0.796. The molecule has 1 aromatic heterocycles. The van der Waals surface area contributed by atoms with Crippen LogP contribution in [0.5, 0.6) is 0 Å². The average Bonchev–Trinajstić information content (AvgIpc) is 2.72. The Kier molecular flexibility index (Phi) is 2.58. The Morgan fingerprint density at radius 2 is 1.86 bits per heavy atom. The van der Waals surface area contributed by atoms with Gasteiger partial charge in [0.05, 0.1) is 6.54 Å². The summed E-state index contributed by atoms with van der Waals surface area (Å²) in [6, 6.07) is 8.60. The van der Waals surface area contributed by atoms with Crippen molar-refractivity contribution in [3.63, 3.8) is 0 Å². The van der Waals surface area contributed by atoms with Crippen LogP contribution in [0.15, 0.2) is 36.9 Å². The normalized spacial score (nSPS) is 10.4. The van der Waals surface area contributed by atoms with Crippen LogP contribution in [0.1, 0.15) is 18.1 Å². The summed E-state index contributed by atoms with van der Waals surface area (Å²) in [6.07, 6.45) is 4.37. The second kappa shape index (κ2) is 4.05. The van der Waals surface area contributed by atoms with Crippen molar-refractivity contribution in [3.8, 4) is 0 Å². The van der Waals surface area contributed by atoms with Gasteiger partial charge < -0.3 is 0 Å². The van der Waals surface area contributed by atoms with Gasteiger partial charge >= 0.3 is 0 Å². The molecule has 0 spiro atoms. The Labute approximate surface area is 83.4 Å². The van der Waals surface area contributed by atoms with E-state index in [0.29, 0.717) is 0 Å². The predicted molar refractivity (Wildman–Crippen MR) is 54.9 cm³/mol. The van der Waals surface area contributed by atoms with E-state index in [-0.39, 0.29) is 0 Å². The van der Waals surface area contributed by atoms with Crippen molar-refractivity contribution in [2.45, 2.75) is 19.9 Å². The SMILES string of the molecule is CCc1ccc(Cn2cncn2)cc1. The molecule has 0 aliphatic rings. The zero-order chi connectivity index (χ0) is 9.80. The van der Waals surface area contributed by atoms with E-state index in [2.05, 4.69) is 41.3 Å². The Hall–Kier alpha value is -1.64. The Morgan fingerprint density at radius 1 is 1.14 bits per heavy atom. The smallest absolute Gasteiger partial charge is 0.137 e. The average molecular weight is 187 g/mol. The lowest BCUT2D eigenvalue weighted by molar-refractivity contribution is 0.684. The van der Waals surface area contributed by atoms with Gasteiger partial charge in [-0.2, -0.15) is 5.10 Å². The first kappa shape index (κ1) is 8.94. The maximum atomic E-state index is 4.06. The molecule has 3 heteroatoms. The van der Waals surface area contributed by atoms with Crippen LogP contribution in [0.25, 0.3) is 0 Å². The van der Waals surface area contributed by atoms with Crippen LogP contribution in [0.2, 0.25) is 0 Å².